The summed E-state index contributed by atoms with van der Waals surface area (Å²) >= 11 is 5.98. The third kappa shape index (κ3) is 4.35. The maximum absolute atomic E-state index is 13.8. The zero-order valence-corrected chi connectivity index (χ0v) is 20.2. The Labute approximate surface area is 208 Å². The molecule has 0 saturated carbocycles. The number of aromatic nitrogens is 2. The molecule has 2 amide bonds. The fraction of sp³-hybridized carbons (Fsp3) is 0.222. The molecule has 0 fully saturated rings. The van der Waals surface area contributed by atoms with Crippen LogP contribution >= 0.6 is 11.6 Å². The number of furan rings is 1. The second-order valence-electron chi connectivity index (χ2n) is 8.95. The van der Waals surface area contributed by atoms with Crippen molar-refractivity contribution in [2.24, 2.45) is 0 Å². The molecule has 0 saturated heterocycles. The molecule has 4 aromatic rings. The lowest BCUT2D eigenvalue weighted by molar-refractivity contribution is -0.133. The van der Waals surface area contributed by atoms with Crippen molar-refractivity contribution >= 4 is 23.4 Å². The van der Waals surface area contributed by atoms with Crippen LogP contribution in [0.25, 0.3) is 11.5 Å². The Balaban J connectivity index is 1.49. The Kier molecular flexibility index (Phi) is 5.94. The number of hydrogen-bond donors (Lipinski definition) is 1. The zero-order chi connectivity index (χ0) is 24.6. The molecule has 0 radical (unpaired) electrons. The van der Waals surface area contributed by atoms with E-state index in [1.165, 1.54) is 0 Å². The molecule has 5 rings (SSSR count). The molecule has 1 N–H and O–H groups in total. The highest BCUT2D eigenvalue weighted by Crippen LogP contribution is 2.32. The first-order chi connectivity index (χ1) is 16.8. The summed E-state index contributed by atoms with van der Waals surface area (Å²) in [5, 5.41) is 8.23. The van der Waals surface area contributed by atoms with Crippen LogP contribution in [0.3, 0.4) is 0 Å². The SMILES string of the molecule is Cc1ccccc1CN1C(=O)c2cc(-c3ccco3)nn2CC1(C)C(=O)NCc1ccc(Cl)cc1. The van der Waals surface area contributed by atoms with Gasteiger partial charge in [0.25, 0.3) is 5.91 Å². The van der Waals surface area contributed by atoms with Gasteiger partial charge in [0.1, 0.15) is 16.9 Å². The van der Waals surface area contributed by atoms with Crippen LogP contribution in [0.4, 0.5) is 0 Å². The van der Waals surface area contributed by atoms with Crippen molar-refractivity contribution in [1.82, 2.24) is 20.0 Å². The summed E-state index contributed by atoms with van der Waals surface area (Å²) in [4.78, 5) is 29.1. The number of nitrogens with zero attached hydrogens (tertiary/aromatic N) is 3. The van der Waals surface area contributed by atoms with Crippen LogP contribution in [0.2, 0.25) is 5.02 Å². The highest BCUT2D eigenvalue weighted by Gasteiger charge is 2.48. The maximum atomic E-state index is 13.8. The highest BCUT2D eigenvalue weighted by atomic mass is 35.5. The lowest BCUT2D eigenvalue weighted by Gasteiger charge is -2.43. The molecule has 7 nitrogen and oxygen atoms in total. The van der Waals surface area contributed by atoms with Crippen molar-refractivity contribution in [3.05, 3.63) is 100 Å². The number of amides is 2. The summed E-state index contributed by atoms with van der Waals surface area (Å²) in [6.45, 7) is 4.63. The number of nitrogens with one attached hydrogen (secondary N) is 1. The lowest BCUT2D eigenvalue weighted by Crippen LogP contribution is -2.63. The summed E-state index contributed by atoms with van der Waals surface area (Å²) in [5.74, 6) is 0.0584. The minimum absolute atomic E-state index is 0.215. The van der Waals surface area contributed by atoms with Gasteiger partial charge < -0.3 is 14.6 Å². The van der Waals surface area contributed by atoms with Crippen LogP contribution in [0.5, 0.6) is 0 Å². The fourth-order valence-corrected chi connectivity index (χ4v) is 4.49. The third-order valence-electron chi connectivity index (χ3n) is 6.52. The normalized spacial score (nSPS) is 17.3. The minimum atomic E-state index is -1.16. The fourth-order valence-electron chi connectivity index (χ4n) is 4.37. The molecule has 3 heterocycles. The van der Waals surface area contributed by atoms with Gasteiger partial charge in [-0.05, 0) is 54.8 Å². The van der Waals surface area contributed by atoms with Crippen molar-refractivity contribution in [2.75, 3.05) is 0 Å². The summed E-state index contributed by atoms with van der Waals surface area (Å²) in [6, 6.07) is 20.5. The zero-order valence-electron chi connectivity index (χ0n) is 19.5. The molecular weight excluding hydrogens is 464 g/mol. The number of halogens is 1. The molecule has 2 aromatic carbocycles. The Hall–Kier alpha value is -3.84. The van der Waals surface area contributed by atoms with Crippen LogP contribution in [-0.4, -0.2) is 32.0 Å². The van der Waals surface area contributed by atoms with Crippen molar-refractivity contribution in [2.45, 2.75) is 39.0 Å². The van der Waals surface area contributed by atoms with E-state index in [4.69, 9.17) is 16.0 Å². The Morgan fingerprint density at radius 3 is 2.63 bits per heavy atom. The van der Waals surface area contributed by atoms with E-state index in [1.54, 1.807) is 53.1 Å². The summed E-state index contributed by atoms with van der Waals surface area (Å²) in [5.41, 5.74) is 2.77. The van der Waals surface area contributed by atoms with Gasteiger partial charge in [0.15, 0.2) is 5.76 Å². The van der Waals surface area contributed by atoms with E-state index in [0.717, 1.165) is 16.7 Å². The third-order valence-corrected chi connectivity index (χ3v) is 6.77. The van der Waals surface area contributed by atoms with Gasteiger partial charge in [0.05, 0.1) is 12.8 Å². The van der Waals surface area contributed by atoms with Crippen LogP contribution in [0.1, 0.15) is 34.1 Å². The minimum Gasteiger partial charge on any atom is -0.463 e. The standard InChI is InChI=1S/C27H25ClN4O3/c1-18-6-3-4-7-20(18)16-31-25(33)23-14-22(24-8-5-13-35-24)30-32(23)17-27(31,2)26(34)29-15-19-9-11-21(28)12-10-19/h3-14H,15-17H2,1-2H3,(H,29,34). The van der Waals surface area contributed by atoms with E-state index in [9.17, 15) is 9.59 Å². The first kappa shape index (κ1) is 22.9. The molecule has 1 aliphatic heterocycles. The predicted octanol–water partition coefficient (Wildman–Crippen LogP) is 4.84. The molecule has 1 atom stereocenters. The first-order valence-corrected chi connectivity index (χ1v) is 11.7. The molecule has 0 spiro atoms. The van der Waals surface area contributed by atoms with Gasteiger partial charge in [-0.25, -0.2) is 0 Å². The average molecular weight is 489 g/mol. The topological polar surface area (TPSA) is 80.4 Å². The molecule has 2 aromatic heterocycles. The van der Waals surface area contributed by atoms with E-state index in [-0.39, 0.29) is 18.4 Å². The van der Waals surface area contributed by atoms with Gasteiger partial charge in [0, 0.05) is 24.2 Å². The van der Waals surface area contributed by atoms with Crippen molar-refractivity contribution < 1.29 is 14.0 Å². The number of benzene rings is 2. The molecule has 1 aliphatic rings. The summed E-state index contributed by atoms with van der Waals surface area (Å²) in [7, 11) is 0. The molecule has 35 heavy (non-hydrogen) atoms. The number of aryl methyl sites for hydroxylation is 1. The van der Waals surface area contributed by atoms with Crippen molar-refractivity contribution in [3.63, 3.8) is 0 Å². The van der Waals surface area contributed by atoms with E-state index in [1.807, 2.05) is 43.3 Å². The van der Waals surface area contributed by atoms with Gasteiger partial charge in [0.2, 0.25) is 5.91 Å². The van der Waals surface area contributed by atoms with Gasteiger partial charge in [-0.15, -0.1) is 0 Å². The van der Waals surface area contributed by atoms with Gasteiger partial charge in [-0.3, -0.25) is 14.3 Å². The Bertz CT molecular complexity index is 1380. The largest absolute Gasteiger partial charge is 0.463 e. The molecule has 0 aliphatic carbocycles. The van der Waals surface area contributed by atoms with Crippen LogP contribution < -0.4 is 5.32 Å². The Morgan fingerprint density at radius 1 is 1.14 bits per heavy atom. The Morgan fingerprint density at radius 2 is 1.91 bits per heavy atom. The first-order valence-electron chi connectivity index (χ1n) is 11.4. The smallest absolute Gasteiger partial charge is 0.273 e. The van der Waals surface area contributed by atoms with E-state index in [2.05, 4.69) is 10.4 Å². The van der Waals surface area contributed by atoms with E-state index >= 15 is 0 Å². The van der Waals surface area contributed by atoms with Gasteiger partial charge in [-0.1, -0.05) is 48.0 Å². The van der Waals surface area contributed by atoms with Crippen LogP contribution in [-0.2, 0) is 24.4 Å². The number of carbonyl (C=O) groups is 2. The summed E-state index contributed by atoms with van der Waals surface area (Å²) < 4.78 is 7.08. The second kappa shape index (κ2) is 9.07. The molecule has 1 unspecified atom stereocenters. The number of hydrogen-bond acceptors (Lipinski definition) is 4. The predicted molar refractivity (Wildman–Crippen MR) is 133 cm³/mol. The van der Waals surface area contributed by atoms with Gasteiger partial charge in [-0.2, -0.15) is 5.10 Å². The lowest BCUT2D eigenvalue weighted by atomic mass is 9.93. The van der Waals surface area contributed by atoms with Crippen LogP contribution in [0, 0.1) is 6.92 Å². The molecule has 178 valence electrons. The van der Waals surface area contributed by atoms with Crippen molar-refractivity contribution in [1.29, 1.82) is 0 Å². The number of carbonyl (C=O) groups excluding carboxylic acids is 2. The number of fused-ring (bicyclic) bond motifs is 1. The molecule has 8 heteroatoms. The van der Waals surface area contributed by atoms with Crippen LogP contribution in [0.15, 0.2) is 77.4 Å². The molecular formula is C27H25ClN4O3. The monoisotopic (exact) mass is 488 g/mol. The second-order valence-corrected chi connectivity index (χ2v) is 9.39. The van der Waals surface area contributed by atoms with E-state index in [0.29, 0.717) is 35.3 Å². The van der Waals surface area contributed by atoms with Crippen molar-refractivity contribution in [3.8, 4) is 11.5 Å². The number of rotatable bonds is 6. The maximum Gasteiger partial charge on any atom is 0.273 e. The highest BCUT2D eigenvalue weighted by molar-refractivity contribution is 6.30. The molecule has 0 bridgehead atoms. The van der Waals surface area contributed by atoms with Gasteiger partial charge >= 0.3 is 0 Å². The quantitative estimate of drug-likeness (QED) is 0.421. The average Bonchev–Trinajstić information content (AvgIpc) is 3.52. The summed E-state index contributed by atoms with van der Waals surface area (Å²) in [6.07, 6.45) is 1.56. The van der Waals surface area contributed by atoms with E-state index < -0.39 is 5.54 Å².